The normalized spacial score (nSPS) is 25.1. The maximum Gasteiger partial charge on any atom is 0.334 e. The molecule has 0 saturated carbocycles. The van der Waals surface area contributed by atoms with E-state index < -0.39 is 48.1 Å². The molecule has 0 unspecified atom stereocenters. The first-order valence-electron chi connectivity index (χ1n) is 17.0. The standard InChI is InChI=1S/C36H56O8/c1-5-7-8-9-10-11-12-13-14-15-16-17-18-22-31(39)43-33-29(25-38)21-19-20-28(24-37)23-30-32(27(4)36(41)42-30)34(33)44-35(40)26(3)6-2/h21,23,25-26,30,32-34,37H,4-20,22,24H2,1-3H3/b28-23-,29-21-/t26-,30-,32+,33+,34+/m1/s1. The quantitative estimate of drug-likeness (QED) is 0.0379. The highest BCUT2D eigenvalue weighted by Gasteiger charge is 2.49. The average Bonchev–Trinajstić information content (AvgIpc) is 3.29. The number of hydrogen-bond donors (Lipinski definition) is 1. The summed E-state index contributed by atoms with van der Waals surface area (Å²) in [5.41, 5.74) is 0.832. The van der Waals surface area contributed by atoms with Crippen molar-refractivity contribution < 1.29 is 38.5 Å². The Labute approximate surface area is 264 Å². The first kappa shape index (κ1) is 37.4. The van der Waals surface area contributed by atoms with Crippen molar-refractivity contribution in [3.8, 4) is 0 Å². The molecular weight excluding hydrogens is 560 g/mol. The Kier molecular flexibility index (Phi) is 17.9. The van der Waals surface area contributed by atoms with E-state index >= 15 is 0 Å². The Morgan fingerprint density at radius 2 is 1.59 bits per heavy atom. The Hall–Kier alpha value is -2.74. The number of hydrogen-bond acceptors (Lipinski definition) is 8. The van der Waals surface area contributed by atoms with Crippen LogP contribution in [0, 0.1) is 11.8 Å². The minimum atomic E-state index is -1.22. The van der Waals surface area contributed by atoms with Gasteiger partial charge in [0.15, 0.2) is 12.2 Å². The zero-order valence-corrected chi connectivity index (χ0v) is 27.4. The maximum atomic E-state index is 13.1. The van der Waals surface area contributed by atoms with Crippen LogP contribution < -0.4 is 0 Å². The summed E-state index contributed by atoms with van der Waals surface area (Å²) in [6.07, 6.45) is 17.5. The van der Waals surface area contributed by atoms with E-state index in [1.807, 2.05) is 6.92 Å². The first-order chi connectivity index (χ1) is 21.3. The fourth-order valence-electron chi connectivity index (χ4n) is 5.79. The summed E-state index contributed by atoms with van der Waals surface area (Å²) in [6, 6.07) is 0. The van der Waals surface area contributed by atoms with Gasteiger partial charge in [-0.05, 0) is 37.3 Å². The van der Waals surface area contributed by atoms with Crippen LogP contribution in [0.5, 0.6) is 0 Å². The molecule has 0 aromatic heterocycles. The fraction of sp³-hybridized carbons (Fsp3) is 0.722. The number of fused-ring (bicyclic) bond motifs is 1. The van der Waals surface area contributed by atoms with Gasteiger partial charge < -0.3 is 19.3 Å². The van der Waals surface area contributed by atoms with E-state index in [1.165, 1.54) is 57.8 Å². The predicted octanol–water partition coefficient (Wildman–Crippen LogP) is 7.27. The smallest absolute Gasteiger partial charge is 0.334 e. The lowest BCUT2D eigenvalue weighted by Crippen LogP contribution is -2.46. The number of carbonyl (C=O) groups excluding carboxylic acids is 4. The van der Waals surface area contributed by atoms with Crippen molar-refractivity contribution in [2.24, 2.45) is 11.8 Å². The second-order valence-corrected chi connectivity index (χ2v) is 12.4. The van der Waals surface area contributed by atoms with Gasteiger partial charge in [0.1, 0.15) is 12.4 Å². The minimum absolute atomic E-state index is 0.0638. The summed E-state index contributed by atoms with van der Waals surface area (Å²) in [6.45, 7) is 9.45. The SMILES string of the molecule is C=C1C(=O)O[C@@H]2/C=C(\CO)CC/C=C(/C=O)[C@H](OC(=O)CCCCCCCCCCCCCCC)[C@@H](OC(=O)[C@H](C)CC)[C@@H]12. The van der Waals surface area contributed by atoms with Crippen molar-refractivity contribution in [3.63, 3.8) is 0 Å². The van der Waals surface area contributed by atoms with Crippen LogP contribution in [0.2, 0.25) is 0 Å². The van der Waals surface area contributed by atoms with E-state index in [1.54, 1.807) is 19.1 Å². The van der Waals surface area contributed by atoms with Crippen LogP contribution in [0.3, 0.4) is 0 Å². The van der Waals surface area contributed by atoms with Gasteiger partial charge >= 0.3 is 17.9 Å². The molecule has 1 N–H and O–H groups in total. The molecule has 1 saturated heterocycles. The summed E-state index contributed by atoms with van der Waals surface area (Å²) in [5, 5.41) is 9.87. The molecule has 8 heteroatoms. The summed E-state index contributed by atoms with van der Waals surface area (Å²) < 4.78 is 17.4. The Bertz CT molecular complexity index is 996. The molecule has 8 nitrogen and oxygen atoms in total. The van der Waals surface area contributed by atoms with Crippen LogP contribution in [0.4, 0.5) is 0 Å². The molecular formula is C36H56O8. The molecule has 1 heterocycles. The monoisotopic (exact) mass is 616 g/mol. The van der Waals surface area contributed by atoms with Crippen LogP contribution in [-0.2, 0) is 33.4 Å². The number of carbonyl (C=O) groups is 4. The van der Waals surface area contributed by atoms with Crippen molar-refractivity contribution in [2.75, 3.05) is 6.61 Å². The Morgan fingerprint density at radius 3 is 2.14 bits per heavy atom. The molecule has 44 heavy (non-hydrogen) atoms. The summed E-state index contributed by atoms with van der Waals surface area (Å²) >= 11 is 0. The van der Waals surface area contributed by atoms with Gasteiger partial charge in [-0.1, -0.05) is 110 Å². The average molecular weight is 617 g/mol. The van der Waals surface area contributed by atoms with Crippen molar-refractivity contribution in [1.82, 2.24) is 0 Å². The van der Waals surface area contributed by atoms with E-state index in [2.05, 4.69) is 13.5 Å². The highest BCUT2D eigenvalue weighted by molar-refractivity contribution is 5.91. The third-order valence-corrected chi connectivity index (χ3v) is 8.84. The maximum absolute atomic E-state index is 13.1. The molecule has 1 aliphatic carbocycles. The lowest BCUT2D eigenvalue weighted by Gasteiger charge is -2.33. The second-order valence-electron chi connectivity index (χ2n) is 12.4. The van der Waals surface area contributed by atoms with Crippen LogP contribution in [0.1, 0.15) is 130 Å². The van der Waals surface area contributed by atoms with E-state index in [9.17, 15) is 24.3 Å². The fourth-order valence-corrected chi connectivity index (χ4v) is 5.79. The Morgan fingerprint density at radius 1 is 1.00 bits per heavy atom. The van der Waals surface area contributed by atoms with Gasteiger partial charge in [0.25, 0.3) is 0 Å². The van der Waals surface area contributed by atoms with Gasteiger partial charge in [0, 0.05) is 17.6 Å². The summed E-state index contributed by atoms with van der Waals surface area (Å²) in [5.74, 6) is -3.04. The van der Waals surface area contributed by atoms with Crippen LogP contribution in [0.15, 0.2) is 35.5 Å². The summed E-state index contributed by atoms with van der Waals surface area (Å²) in [4.78, 5) is 51.1. The predicted molar refractivity (Wildman–Crippen MR) is 171 cm³/mol. The Balaban J connectivity index is 2.04. The molecule has 1 aliphatic heterocycles. The van der Waals surface area contributed by atoms with E-state index in [0.29, 0.717) is 37.5 Å². The number of aldehydes is 1. The van der Waals surface area contributed by atoms with Crippen molar-refractivity contribution >= 4 is 24.2 Å². The van der Waals surface area contributed by atoms with E-state index in [0.717, 1.165) is 19.3 Å². The molecule has 0 spiro atoms. The van der Waals surface area contributed by atoms with Crippen molar-refractivity contribution in [2.45, 2.75) is 148 Å². The zero-order chi connectivity index (χ0) is 32.3. The molecule has 0 radical (unpaired) electrons. The third-order valence-electron chi connectivity index (χ3n) is 8.84. The topological polar surface area (TPSA) is 116 Å². The highest BCUT2D eigenvalue weighted by Crippen LogP contribution is 2.38. The third kappa shape index (κ3) is 12.3. The minimum Gasteiger partial charge on any atom is -0.457 e. The number of allylic oxidation sites excluding steroid dienone is 1. The van der Waals surface area contributed by atoms with Gasteiger partial charge in [-0.3, -0.25) is 14.4 Å². The lowest BCUT2D eigenvalue weighted by molar-refractivity contribution is -0.172. The first-order valence-corrected chi connectivity index (χ1v) is 17.0. The number of esters is 3. The van der Waals surface area contributed by atoms with Crippen LogP contribution in [0.25, 0.3) is 0 Å². The van der Waals surface area contributed by atoms with Crippen LogP contribution >= 0.6 is 0 Å². The summed E-state index contributed by atoms with van der Waals surface area (Å²) in [7, 11) is 0. The van der Waals surface area contributed by atoms with Crippen molar-refractivity contribution in [3.05, 3.63) is 35.5 Å². The van der Waals surface area contributed by atoms with Gasteiger partial charge in [-0.15, -0.1) is 0 Å². The second kappa shape index (κ2) is 21.1. The molecule has 0 aromatic carbocycles. The molecule has 1 fully saturated rings. The number of unbranched alkanes of at least 4 members (excludes halogenated alkanes) is 12. The van der Waals surface area contributed by atoms with Crippen LogP contribution in [-0.4, -0.2) is 54.2 Å². The molecule has 2 rings (SSSR count). The molecule has 0 aromatic rings. The molecule has 0 amide bonds. The van der Waals surface area contributed by atoms with Gasteiger partial charge in [-0.25, -0.2) is 4.79 Å². The highest BCUT2D eigenvalue weighted by atomic mass is 16.6. The molecule has 5 atom stereocenters. The molecule has 0 bridgehead atoms. The van der Waals surface area contributed by atoms with Gasteiger partial charge in [-0.2, -0.15) is 0 Å². The van der Waals surface area contributed by atoms with Gasteiger partial charge in [0.2, 0.25) is 0 Å². The number of ether oxygens (including phenoxy) is 3. The number of aliphatic hydroxyl groups is 1. The zero-order valence-electron chi connectivity index (χ0n) is 27.4. The van der Waals surface area contributed by atoms with E-state index in [-0.39, 0.29) is 24.2 Å². The van der Waals surface area contributed by atoms with E-state index in [4.69, 9.17) is 14.2 Å². The molecule has 2 aliphatic rings. The largest absolute Gasteiger partial charge is 0.457 e. The number of aliphatic hydroxyl groups excluding tert-OH is 1. The van der Waals surface area contributed by atoms with Crippen molar-refractivity contribution in [1.29, 1.82) is 0 Å². The lowest BCUT2D eigenvalue weighted by atomic mass is 9.83. The van der Waals surface area contributed by atoms with Gasteiger partial charge in [0.05, 0.1) is 18.4 Å². The number of rotatable bonds is 20. The molecule has 248 valence electrons.